The Morgan fingerprint density at radius 3 is 2.63 bits per heavy atom. The molecule has 3 nitrogen and oxygen atoms in total. The van der Waals surface area contributed by atoms with Crippen LogP contribution in [0, 0.1) is 23.1 Å². The standard InChI is InChI=1S/C22H24ClFN2O/c1-13-16(12-15-6-3-4-7-15)21(22-17(23)8-5-9-18(22)24)20(14(2)26-13)19(27)10-11-25/h5,8-9,15,21,26H,3-4,6-7,10,12H2,1-2H3. The molecule has 142 valence electrons. The van der Waals surface area contributed by atoms with Crippen LogP contribution in [0.15, 0.2) is 40.7 Å². The minimum absolute atomic E-state index is 0.229. The van der Waals surface area contributed by atoms with Crippen molar-refractivity contribution in [2.75, 3.05) is 0 Å². The van der Waals surface area contributed by atoms with Crippen LogP contribution in [0.25, 0.3) is 0 Å². The van der Waals surface area contributed by atoms with E-state index in [0.717, 1.165) is 30.5 Å². The van der Waals surface area contributed by atoms with E-state index < -0.39 is 11.7 Å². The summed E-state index contributed by atoms with van der Waals surface area (Å²) in [5, 5.41) is 12.6. The van der Waals surface area contributed by atoms with Gasteiger partial charge in [-0.15, -0.1) is 0 Å². The van der Waals surface area contributed by atoms with E-state index in [2.05, 4.69) is 5.32 Å². The molecule has 1 aromatic rings. The number of hydrogen-bond donors (Lipinski definition) is 1. The first kappa shape index (κ1) is 19.6. The first-order chi connectivity index (χ1) is 12.9. The van der Waals surface area contributed by atoms with Gasteiger partial charge in [0.2, 0.25) is 0 Å². The lowest BCUT2D eigenvalue weighted by Crippen LogP contribution is -2.29. The van der Waals surface area contributed by atoms with Gasteiger partial charge in [0.15, 0.2) is 5.78 Å². The lowest BCUT2D eigenvalue weighted by Gasteiger charge is -2.33. The van der Waals surface area contributed by atoms with Crippen molar-refractivity contribution >= 4 is 17.4 Å². The van der Waals surface area contributed by atoms with Crippen LogP contribution in [0.5, 0.6) is 0 Å². The lowest BCUT2D eigenvalue weighted by molar-refractivity contribution is -0.115. The molecule has 1 heterocycles. The van der Waals surface area contributed by atoms with Crippen LogP contribution in [0.2, 0.25) is 5.02 Å². The zero-order valence-electron chi connectivity index (χ0n) is 15.7. The summed E-state index contributed by atoms with van der Waals surface area (Å²) in [7, 11) is 0. The van der Waals surface area contributed by atoms with Crippen molar-refractivity contribution < 1.29 is 9.18 Å². The molecular weight excluding hydrogens is 363 g/mol. The fraction of sp³-hybridized carbons (Fsp3) is 0.455. The molecule has 3 rings (SSSR count). The van der Waals surface area contributed by atoms with Crippen LogP contribution in [-0.2, 0) is 4.79 Å². The molecule has 0 saturated heterocycles. The maximum absolute atomic E-state index is 14.9. The van der Waals surface area contributed by atoms with E-state index in [1.165, 1.54) is 18.9 Å². The molecule has 0 amide bonds. The second kappa shape index (κ2) is 8.27. The van der Waals surface area contributed by atoms with Crippen LogP contribution in [-0.4, -0.2) is 5.78 Å². The van der Waals surface area contributed by atoms with Gasteiger partial charge in [0, 0.05) is 33.5 Å². The van der Waals surface area contributed by atoms with Crippen LogP contribution < -0.4 is 5.32 Å². The largest absolute Gasteiger partial charge is 0.362 e. The summed E-state index contributed by atoms with van der Waals surface area (Å²) in [4.78, 5) is 12.8. The highest BCUT2D eigenvalue weighted by Crippen LogP contribution is 2.46. The fourth-order valence-electron chi connectivity index (χ4n) is 4.47. The number of nitrogens with one attached hydrogen (secondary N) is 1. The first-order valence-corrected chi connectivity index (χ1v) is 9.83. The van der Waals surface area contributed by atoms with E-state index in [1.807, 2.05) is 19.9 Å². The Hall–Kier alpha value is -2.12. The molecule has 2 aliphatic rings. The average molecular weight is 387 g/mol. The smallest absolute Gasteiger partial charge is 0.175 e. The van der Waals surface area contributed by atoms with Gasteiger partial charge in [-0.05, 0) is 43.9 Å². The number of rotatable bonds is 5. The van der Waals surface area contributed by atoms with Gasteiger partial charge >= 0.3 is 0 Å². The molecule has 1 fully saturated rings. The second-order valence-electron chi connectivity index (χ2n) is 7.49. The molecule has 1 aromatic carbocycles. The zero-order valence-corrected chi connectivity index (χ0v) is 16.5. The molecule has 1 atom stereocenters. The van der Waals surface area contributed by atoms with Crippen molar-refractivity contribution in [3.63, 3.8) is 0 Å². The van der Waals surface area contributed by atoms with Crippen molar-refractivity contribution in [2.24, 2.45) is 5.92 Å². The molecule has 27 heavy (non-hydrogen) atoms. The number of allylic oxidation sites excluding steroid dienone is 4. The Balaban J connectivity index is 2.14. The average Bonchev–Trinajstić information content (AvgIpc) is 3.11. The molecule has 1 aliphatic heterocycles. The van der Waals surface area contributed by atoms with Gasteiger partial charge in [-0.3, -0.25) is 4.79 Å². The molecule has 0 radical (unpaired) electrons. The number of Topliss-reactive ketones (excluding diaryl/α,β-unsaturated/α-hetero) is 1. The summed E-state index contributed by atoms with van der Waals surface area (Å²) in [6.45, 7) is 3.78. The Morgan fingerprint density at radius 2 is 2.00 bits per heavy atom. The number of carbonyl (C=O) groups is 1. The summed E-state index contributed by atoms with van der Waals surface area (Å²) in [5.41, 5.74) is 3.45. The quantitative estimate of drug-likeness (QED) is 0.698. The van der Waals surface area contributed by atoms with Gasteiger partial charge in [0.1, 0.15) is 5.82 Å². The van der Waals surface area contributed by atoms with E-state index in [4.69, 9.17) is 16.9 Å². The van der Waals surface area contributed by atoms with Gasteiger partial charge in [-0.1, -0.05) is 43.4 Å². The van der Waals surface area contributed by atoms with E-state index >= 15 is 0 Å². The monoisotopic (exact) mass is 386 g/mol. The van der Waals surface area contributed by atoms with E-state index in [-0.39, 0.29) is 12.2 Å². The van der Waals surface area contributed by atoms with Crippen molar-refractivity contribution in [2.45, 2.75) is 58.3 Å². The summed E-state index contributed by atoms with van der Waals surface area (Å²) < 4.78 is 14.9. The molecule has 0 spiro atoms. The second-order valence-corrected chi connectivity index (χ2v) is 7.90. The topological polar surface area (TPSA) is 52.9 Å². The normalized spacial score (nSPS) is 20.6. The van der Waals surface area contributed by atoms with Crippen molar-refractivity contribution in [1.82, 2.24) is 5.32 Å². The number of halogens is 2. The lowest BCUT2D eigenvalue weighted by atomic mass is 9.75. The molecule has 0 aromatic heterocycles. The van der Waals surface area contributed by atoms with Crippen LogP contribution in [0.1, 0.15) is 63.9 Å². The predicted octanol–water partition coefficient (Wildman–Crippen LogP) is 5.78. The number of benzene rings is 1. The highest BCUT2D eigenvalue weighted by Gasteiger charge is 2.36. The van der Waals surface area contributed by atoms with E-state index in [1.54, 1.807) is 12.1 Å². The Morgan fingerprint density at radius 1 is 1.30 bits per heavy atom. The van der Waals surface area contributed by atoms with Crippen molar-refractivity contribution in [3.8, 4) is 6.07 Å². The minimum Gasteiger partial charge on any atom is -0.362 e. The van der Waals surface area contributed by atoms with Crippen LogP contribution >= 0.6 is 11.6 Å². The summed E-state index contributed by atoms with van der Waals surface area (Å²) in [6.07, 6.45) is 5.31. The number of nitrogens with zero attached hydrogens (tertiary/aromatic N) is 1. The maximum Gasteiger partial charge on any atom is 0.175 e. The van der Waals surface area contributed by atoms with Crippen LogP contribution in [0.4, 0.5) is 4.39 Å². The SMILES string of the molecule is CC1=C(CC2CCCC2)C(c2c(F)cccc2Cl)C(C(=O)CC#N)=C(C)N1. The van der Waals surface area contributed by atoms with Gasteiger partial charge in [-0.2, -0.15) is 5.26 Å². The number of ketones is 1. The Labute approximate surface area is 164 Å². The number of dihydropyridines is 1. The molecule has 1 N–H and O–H groups in total. The maximum atomic E-state index is 14.9. The molecule has 1 aliphatic carbocycles. The van der Waals surface area contributed by atoms with Gasteiger partial charge in [-0.25, -0.2) is 4.39 Å². The highest BCUT2D eigenvalue weighted by atomic mass is 35.5. The summed E-state index contributed by atoms with van der Waals surface area (Å²) in [6, 6.07) is 6.55. The highest BCUT2D eigenvalue weighted by molar-refractivity contribution is 6.31. The summed E-state index contributed by atoms with van der Waals surface area (Å²) in [5.74, 6) is -0.693. The number of nitriles is 1. The minimum atomic E-state index is -0.540. The zero-order chi connectivity index (χ0) is 19.6. The third kappa shape index (κ3) is 3.94. The molecule has 0 bridgehead atoms. The fourth-order valence-corrected chi connectivity index (χ4v) is 4.75. The molecule has 5 heteroatoms. The Kier molecular flexibility index (Phi) is 6.01. The van der Waals surface area contributed by atoms with Crippen molar-refractivity contribution in [3.05, 3.63) is 57.1 Å². The van der Waals surface area contributed by atoms with Gasteiger partial charge in [0.25, 0.3) is 0 Å². The van der Waals surface area contributed by atoms with Crippen molar-refractivity contribution in [1.29, 1.82) is 5.26 Å². The third-order valence-corrected chi connectivity index (χ3v) is 6.04. The first-order valence-electron chi connectivity index (χ1n) is 9.45. The number of carbonyl (C=O) groups excluding carboxylic acids is 1. The Bertz CT molecular complexity index is 839. The van der Waals surface area contributed by atoms with Crippen LogP contribution in [0.3, 0.4) is 0 Å². The van der Waals surface area contributed by atoms with E-state index in [9.17, 15) is 9.18 Å². The third-order valence-electron chi connectivity index (χ3n) is 5.71. The predicted molar refractivity (Wildman–Crippen MR) is 104 cm³/mol. The van der Waals surface area contributed by atoms with E-state index in [0.29, 0.717) is 27.8 Å². The molecule has 1 saturated carbocycles. The summed E-state index contributed by atoms with van der Waals surface area (Å²) >= 11 is 6.41. The van der Waals surface area contributed by atoms with Gasteiger partial charge in [0.05, 0.1) is 12.5 Å². The molecular formula is C22H24ClFN2O. The molecule has 1 unspecified atom stereocenters. The van der Waals surface area contributed by atoms with Gasteiger partial charge < -0.3 is 5.32 Å². The number of hydrogen-bond acceptors (Lipinski definition) is 3.